The van der Waals surface area contributed by atoms with Gasteiger partial charge in [0.25, 0.3) is 17.7 Å². The summed E-state index contributed by atoms with van der Waals surface area (Å²) in [4.78, 5) is 51.6. The van der Waals surface area contributed by atoms with Crippen LogP contribution >= 0.6 is 0 Å². The van der Waals surface area contributed by atoms with Crippen molar-refractivity contribution in [3.63, 3.8) is 0 Å². The SMILES string of the molecule is CCc1ccccc1N1C(=O)NC(=O)/C(=C\c2cccc(OCC(=O)Nc3ccc(C)c(C)c3)c2)C1=O. The van der Waals surface area contributed by atoms with Crippen LogP contribution in [-0.4, -0.2) is 30.4 Å². The van der Waals surface area contributed by atoms with Gasteiger partial charge in [0, 0.05) is 5.69 Å². The molecule has 0 atom stereocenters. The number of anilines is 2. The number of benzene rings is 3. The van der Waals surface area contributed by atoms with Gasteiger partial charge in [0.05, 0.1) is 5.69 Å². The Bertz CT molecular complexity index is 1430. The van der Waals surface area contributed by atoms with E-state index in [9.17, 15) is 19.2 Å². The Morgan fingerprint density at radius 2 is 1.76 bits per heavy atom. The highest BCUT2D eigenvalue weighted by molar-refractivity contribution is 6.39. The summed E-state index contributed by atoms with van der Waals surface area (Å²) in [5.74, 6) is -1.43. The summed E-state index contributed by atoms with van der Waals surface area (Å²) in [6, 6.07) is 18.6. The van der Waals surface area contributed by atoms with Gasteiger partial charge in [-0.15, -0.1) is 0 Å². The van der Waals surface area contributed by atoms with Crippen LogP contribution < -0.4 is 20.3 Å². The maximum absolute atomic E-state index is 13.2. The maximum atomic E-state index is 13.2. The zero-order chi connectivity index (χ0) is 26.5. The van der Waals surface area contributed by atoms with Crippen molar-refractivity contribution in [2.45, 2.75) is 27.2 Å². The van der Waals surface area contributed by atoms with Crippen LogP contribution in [0.1, 0.15) is 29.2 Å². The quantitative estimate of drug-likeness (QED) is 0.368. The Labute approximate surface area is 214 Å². The Morgan fingerprint density at radius 1 is 0.973 bits per heavy atom. The number of rotatable bonds is 7. The van der Waals surface area contributed by atoms with Crippen LogP contribution in [0.15, 0.2) is 72.3 Å². The molecule has 0 aromatic heterocycles. The molecular formula is C29H27N3O5. The number of carbonyl (C=O) groups is 4. The van der Waals surface area contributed by atoms with Crippen molar-refractivity contribution in [2.24, 2.45) is 0 Å². The lowest BCUT2D eigenvalue weighted by Gasteiger charge is -2.28. The molecule has 2 N–H and O–H groups in total. The van der Waals surface area contributed by atoms with E-state index >= 15 is 0 Å². The first-order valence-electron chi connectivity index (χ1n) is 11.9. The van der Waals surface area contributed by atoms with E-state index in [1.807, 2.05) is 51.1 Å². The molecule has 0 aliphatic carbocycles. The summed E-state index contributed by atoms with van der Waals surface area (Å²) in [5.41, 5.74) is 4.43. The van der Waals surface area contributed by atoms with Gasteiger partial charge in [-0.2, -0.15) is 0 Å². The summed E-state index contributed by atoms with van der Waals surface area (Å²) in [6.07, 6.45) is 2.00. The fraction of sp³-hybridized carbons (Fsp3) is 0.172. The molecule has 5 amide bonds. The number of urea groups is 1. The molecule has 1 aliphatic rings. The number of hydrogen-bond acceptors (Lipinski definition) is 5. The molecule has 0 saturated carbocycles. The van der Waals surface area contributed by atoms with Crippen LogP contribution in [0.5, 0.6) is 5.75 Å². The first kappa shape index (κ1) is 25.4. The average Bonchev–Trinajstić information content (AvgIpc) is 2.88. The van der Waals surface area contributed by atoms with Gasteiger partial charge in [-0.25, -0.2) is 9.69 Å². The molecule has 1 saturated heterocycles. The predicted molar refractivity (Wildman–Crippen MR) is 141 cm³/mol. The zero-order valence-corrected chi connectivity index (χ0v) is 20.8. The van der Waals surface area contributed by atoms with E-state index in [1.54, 1.807) is 36.4 Å². The van der Waals surface area contributed by atoms with Gasteiger partial charge in [0.1, 0.15) is 11.3 Å². The molecule has 8 nitrogen and oxygen atoms in total. The second kappa shape index (κ2) is 10.9. The Balaban J connectivity index is 1.49. The van der Waals surface area contributed by atoms with Crippen molar-refractivity contribution < 1.29 is 23.9 Å². The van der Waals surface area contributed by atoms with Gasteiger partial charge < -0.3 is 10.1 Å². The van der Waals surface area contributed by atoms with Gasteiger partial charge >= 0.3 is 6.03 Å². The molecule has 3 aromatic carbocycles. The van der Waals surface area contributed by atoms with E-state index in [2.05, 4.69) is 10.6 Å². The molecule has 3 aromatic rings. The summed E-state index contributed by atoms with van der Waals surface area (Å²) >= 11 is 0. The lowest BCUT2D eigenvalue weighted by Crippen LogP contribution is -2.54. The first-order valence-corrected chi connectivity index (χ1v) is 11.9. The molecular weight excluding hydrogens is 470 g/mol. The zero-order valence-electron chi connectivity index (χ0n) is 20.8. The number of hydrogen-bond donors (Lipinski definition) is 2. The van der Waals surface area contributed by atoms with Crippen molar-refractivity contribution in [2.75, 3.05) is 16.8 Å². The van der Waals surface area contributed by atoms with E-state index in [-0.39, 0.29) is 18.1 Å². The molecule has 8 heteroatoms. The second-order valence-electron chi connectivity index (χ2n) is 8.65. The smallest absolute Gasteiger partial charge is 0.335 e. The third-order valence-electron chi connectivity index (χ3n) is 6.04. The van der Waals surface area contributed by atoms with Gasteiger partial charge in [-0.3, -0.25) is 19.7 Å². The number of para-hydroxylation sites is 1. The average molecular weight is 498 g/mol. The van der Waals surface area contributed by atoms with E-state index in [1.165, 1.54) is 6.08 Å². The monoisotopic (exact) mass is 497 g/mol. The van der Waals surface area contributed by atoms with Gasteiger partial charge in [0.2, 0.25) is 0 Å². The van der Waals surface area contributed by atoms with Crippen molar-refractivity contribution >= 4 is 41.2 Å². The molecule has 0 unspecified atom stereocenters. The van der Waals surface area contributed by atoms with E-state index in [0.717, 1.165) is 21.6 Å². The highest BCUT2D eigenvalue weighted by Gasteiger charge is 2.37. The standard InChI is InChI=1S/C29H27N3O5/c1-4-21-9-5-6-11-25(21)32-28(35)24(27(34)31-29(32)36)16-20-8-7-10-23(15-20)37-17-26(33)30-22-13-12-18(2)19(3)14-22/h5-16H,4,17H2,1-3H3,(H,30,33)(H,31,34,36)/b24-16+. The van der Waals surface area contributed by atoms with Crippen molar-refractivity contribution in [3.8, 4) is 5.75 Å². The van der Waals surface area contributed by atoms with E-state index in [0.29, 0.717) is 29.1 Å². The van der Waals surface area contributed by atoms with Crippen LogP contribution in [0.25, 0.3) is 6.08 Å². The maximum Gasteiger partial charge on any atom is 0.335 e. The van der Waals surface area contributed by atoms with Crippen molar-refractivity contribution in [1.29, 1.82) is 0 Å². The van der Waals surface area contributed by atoms with Crippen molar-refractivity contribution in [1.82, 2.24) is 5.32 Å². The first-order chi connectivity index (χ1) is 17.8. The molecule has 0 spiro atoms. The fourth-order valence-electron chi connectivity index (χ4n) is 3.93. The van der Waals surface area contributed by atoms with Gasteiger partial charge in [-0.1, -0.05) is 43.3 Å². The number of nitrogens with one attached hydrogen (secondary N) is 2. The summed E-state index contributed by atoms with van der Waals surface area (Å²) in [6.45, 7) is 5.66. The number of ether oxygens (including phenoxy) is 1. The minimum absolute atomic E-state index is 0.185. The molecule has 0 radical (unpaired) electrons. The van der Waals surface area contributed by atoms with E-state index in [4.69, 9.17) is 4.74 Å². The number of amides is 5. The molecule has 4 rings (SSSR count). The molecule has 1 fully saturated rings. The molecule has 1 heterocycles. The van der Waals surface area contributed by atoms with Crippen LogP contribution in [0.4, 0.5) is 16.2 Å². The highest BCUT2D eigenvalue weighted by Crippen LogP contribution is 2.26. The third kappa shape index (κ3) is 5.75. The Morgan fingerprint density at radius 3 is 2.51 bits per heavy atom. The topological polar surface area (TPSA) is 105 Å². The highest BCUT2D eigenvalue weighted by atomic mass is 16.5. The molecule has 188 valence electrons. The number of barbiturate groups is 1. The van der Waals surface area contributed by atoms with Crippen molar-refractivity contribution in [3.05, 3.63) is 94.6 Å². The predicted octanol–water partition coefficient (Wildman–Crippen LogP) is 4.55. The molecule has 37 heavy (non-hydrogen) atoms. The summed E-state index contributed by atoms with van der Waals surface area (Å²) in [5, 5.41) is 5.03. The van der Waals surface area contributed by atoms with Gasteiger partial charge in [0.15, 0.2) is 6.61 Å². The van der Waals surface area contributed by atoms with Crippen LogP contribution in [0.2, 0.25) is 0 Å². The lowest BCUT2D eigenvalue weighted by molar-refractivity contribution is -0.122. The Kier molecular flexibility index (Phi) is 7.48. The fourth-order valence-corrected chi connectivity index (χ4v) is 3.93. The Hall–Kier alpha value is -4.72. The second-order valence-corrected chi connectivity index (χ2v) is 8.65. The van der Waals surface area contributed by atoms with E-state index < -0.39 is 17.8 Å². The third-order valence-corrected chi connectivity index (χ3v) is 6.04. The number of nitrogens with zero attached hydrogens (tertiary/aromatic N) is 1. The molecule has 1 aliphatic heterocycles. The van der Waals surface area contributed by atoms with Crippen LogP contribution in [-0.2, 0) is 20.8 Å². The normalized spacial score (nSPS) is 14.5. The summed E-state index contributed by atoms with van der Waals surface area (Å²) < 4.78 is 5.62. The summed E-state index contributed by atoms with van der Waals surface area (Å²) in [7, 11) is 0. The van der Waals surface area contributed by atoms with Crippen LogP contribution in [0, 0.1) is 13.8 Å². The minimum atomic E-state index is -0.792. The molecule has 0 bridgehead atoms. The number of aryl methyl sites for hydroxylation is 3. The number of carbonyl (C=O) groups excluding carboxylic acids is 4. The minimum Gasteiger partial charge on any atom is -0.484 e. The largest absolute Gasteiger partial charge is 0.484 e. The van der Waals surface area contributed by atoms with Gasteiger partial charge in [-0.05, 0) is 78.9 Å². The lowest BCUT2D eigenvalue weighted by atomic mass is 10.0. The number of imide groups is 2. The van der Waals surface area contributed by atoms with Crippen LogP contribution in [0.3, 0.4) is 0 Å².